The molecule has 0 fully saturated rings. The van der Waals surface area contributed by atoms with Gasteiger partial charge in [-0.1, -0.05) is 87.2 Å². The maximum atomic E-state index is 4.17. The van der Waals surface area contributed by atoms with Crippen molar-refractivity contribution in [1.82, 2.24) is 0 Å². The molecule has 0 aliphatic rings. The van der Waals surface area contributed by atoms with Crippen LogP contribution < -0.4 is 4.90 Å². The average Bonchev–Trinajstić information content (AvgIpc) is 2.76. The standard InChI is InChI=1S/C29H29N/c1-5-24(18-17-21(2)3)30(25-13-10-11-22(4)19-25)29-20-23-12-6-7-14-26(23)27-15-8-9-16-28(27)29/h5-16,18-21H,1,17H2,2-4H3/b24-18+. The van der Waals surface area contributed by atoms with Gasteiger partial charge in [0.2, 0.25) is 0 Å². The molecule has 30 heavy (non-hydrogen) atoms. The van der Waals surface area contributed by atoms with E-state index in [0.29, 0.717) is 5.92 Å². The fourth-order valence-electron chi connectivity index (χ4n) is 4.04. The van der Waals surface area contributed by atoms with E-state index >= 15 is 0 Å². The van der Waals surface area contributed by atoms with Gasteiger partial charge in [0.15, 0.2) is 0 Å². The zero-order chi connectivity index (χ0) is 21.1. The number of fused-ring (bicyclic) bond motifs is 3. The fourth-order valence-corrected chi connectivity index (χ4v) is 4.04. The van der Waals surface area contributed by atoms with Gasteiger partial charge in [0.05, 0.1) is 5.69 Å². The van der Waals surface area contributed by atoms with Gasteiger partial charge in [0, 0.05) is 16.8 Å². The summed E-state index contributed by atoms with van der Waals surface area (Å²) in [4.78, 5) is 2.36. The van der Waals surface area contributed by atoms with E-state index in [1.54, 1.807) is 0 Å². The van der Waals surface area contributed by atoms with Crippen LogP contribution in [0.4, 0.5) is 11.4 Å². The van der Waals surface area contributed by atoms with Crippen molar-refractivity contribution >= 4 is 32.9 Å². The predicted molar refractivity (Wildman–Crippen MR) is 133 cm³/mol. The highest BCUT2D eigenvalue weighted by molar-refractivity contribution is 6.14. The van der Waals surface area contributed by atoms with Crippen LogP contribution in [-0.4, -0.2) is 0 Å². The lowest BCUT2D eigenvalue weighted by Gasteiger charge is -2.29. The van der Waals surface area contributed by atoms with Gasteiger partial charge in [0.25, 0.3) is 0 Å². The Bertz CT molecular complexity index is 1230. The molecule has 0 atom stereocenters. The Morgan fingerprint density at radius 3 is 2.27 bits per heavy atom. The third-order valence-electron chi connectivity index (χ3n) is 5.51. The molecule has 4 aromatic rings. The fraction of sp³-hybridized carbons (Fsp3) is 0.172. The van der Waals surface area contributed by atoms with Crippen molar-refractivity contribution in [3.63, 3.8) is 0 Å². The third kappa shape index (κ3) is 3.89. The molecule has 0 heterocycles. The van der Waals surface area contributed by atoms with E-state index in [4.69, 9.17) is 0 Å². The molecule has 150 valence electrons. The smallest absolute Gasteiger partial charge is 0.0546 e. The predicted octanol–water partition coefficient (Wildman–Crippen LogP) is 8.56. The topological polar surface area (TPSA) is 3.24 Å². The van der Waals surface area contributed by atoms with Gasteiger partial charge in [-0.05, 0) is 65.3 Å². The Balaban J connectivity index is 2.04. The summed E-state index contributed by atoms with van der Waals surface area (Å²) >= 11 is 0. The number of hydrogen-bond acceptors (Lipinski definition) is 1. The molecule has 0 N–H and O–H groups in total. The van der Waals surface area contributed by atoms with Gasteiger partial charge >= 0.3 is 0 Å². The Labute approximate surface area is 180 Å². The second-order valence-corrected chi connectivity index (χ2v) is 8.30. The molecule has 0 saturated carbocycles. The minimum Gasteiger partial charge on any atom is -0.310 e. The molecule has 0 radical (unpaired) electrons. The van der Waals surface area contributed by atoms with Crippen LogP contribution in [-0.2, 0) is 0 Å². The molecule has 0 aliphatic carbocycles. The first-order valence-corrected chi connectivity index (χ1v) is 10.7. The number of rotatable bonds is 6. The van der Waals surface area contributed by atoms with E-state index in [1.807, 2.05) is 6.08 Å². The normalized spacial score (nSPS) is 11.9. The Morgan fingerprint density at radius 2 is 1.57 bits per heavy atom. The maximum Gasteiger partial charge on any atom is 0.0546 e. The average molecular weight is 392 g/mol. The molecule has 0 spiro atoms. The van der Waals surface area contributed by atoms with Crippen molar-refractivity contribution < 1.29 is 0 Å². The zero-order valence-electron chi connectivity index (χ0n) is 18.1. The Kier molecular flexibility index (Phi) is 5.72. The first kappa shape index (κ1) is 20.0. The number of aryl methyl sites for hydroxylation is 1. The summed E-state index contributed by atoms with van der Waals surface area (Å²) in [5.74, 6) is 0.590. The number of benzene rings is 4. The highest BCUT2D eigenvalue weighted by Crippen LogP contribution is 2.40. The summed E-state index contributed by atoms with van der Waals surface area (Å²) in [6.45, 7) is 10.8. The molecule has 0 saturated heterocycles. The number of hydrogen-bond donors (Lipinski definition) is 0. The molecule has 0 aliphatic heterocycles. The molecular weight excluding hydrogens is 362 g/mol. The lowest BCUT2D eigenvalue weighted by atomic mass is 9.98. The van der Waals surface area contributed by atoms with Crippen molar-refractivity contribution in [2.45, 2.75) is 27.2 Å². The molecule has 0 bridgehead atoms. The highest BCUT2D eigenvalue weighted by Gasteiger charge is 2.17. The van der Waals surface area contributed by atoms with Gasteiger partial charge in [-0.2, -0.15) is 0 Å². The second kappa shape index (κ2) is 8.59. The molecule has 0 unspecified atom stereocenters. The van der Waals surface area contributed by atoms with Crippen molar-refractivity contribution in [3.8, 4) is 0 Å². The first-order chi connectivity index (χ1) is 14.6. The quantitative estimate of drug-likeness (QED) is 0.235. The Hall–Kier alpha value is -3.32. The monoisotopic (exact) mass is 391 g/mol. The van der Waals surface area contributed by atoms with Crippen LogP contribution in [0.25, 0.3) is 21.5 Å². The van der Waals surface area contributed by atoms with Crippen molar-refractivity contribution in [2.75, 3.05) is 4.90 Å². The lowest BCUT2D eigenvalue weighted by Crippen LogP contribution is -2.16. The van der Waals surface area contributed by atoms with Crippen molar-refractivity contribution in [1.29, 1.82) is 0 Å². The highest BCUT2D eigenvalue weighted by atomic mass is 15.1. The summed E-state index contributed by atoms with van der Waals surface area (Å²) < 4.78 is 0. The minimum absolute atomic E-state index is 0.590. The van der Waals surface area contributed by atoms with Crippen LogP contribution in [0.15, 0.2) is 103 Å². The van der Waals surface area contributed by atoms with Crippen LogP contribution in [0.5, 0.6) is 0 Å². The number of nitrogens with zero attached hydrogens (tertiary/aromatic N) is 1. The summed E-state index contributed by atoms with van der Waals surface area (Å²) in [5, 5.41) is 5.05. The first-order valence-electron chi connectivity index (χ1n) is 10.7. The van der Waals surface area contributed by atoms with Crippen LogP contribution in [0.2, 0.25) is 0 Å². The van der Waals surface area contributed by atoms with Gasteiger partial charge < -0.3 is 4.90 Å². The van der Waals surface area contributed by atoms with Crippen molar-refractivity contribution in [3.05, 3.63) is 109 Å². The summed E-state index contributed by atoms with van der Waals surface area (Å²) in [7, 11) is 0. The van der Waals surface area contributed by atoms with Crippen LogP contribution in [0.3, 0.4) is 0 Å². The SMILES string of the molecule is C=C/C(=C\CC(C)C)N(c1cccc(C)c1)c1cc2ccccc2c2ccccc12. The summed E-state index contributed by atoms with van der Waals surface area (Å²) in [6, 6.07) is 28.4. The van der Waals surface area contributed by atoms with Gasteiger partial charge in [-0.25, -0.2) is 0 Å². The molecule has 0 aromatic heterocycles. The summed E-state index contributed by atoms with van der Waals surface area (Å²) in [5.41, 5.74) is 4.71. The third-order valence-corrected chi connectivity index (χ3v) is 5.51. The molecule has 1 nitrogen and oxygen atoms in total. The van der Waals surface area contributed by atoms with Gasteiger partial charge in [0.1, 0.15) is 0 Å². The van der Waals surface area contributed by atoms with E-state index in [-0.39, 0.29) is 0 Å². The van der Waals surface area contributed by atoms with Gasteiger partial charge in [-0.3, -0.25) is 0 Å². The largest absolute Gasteiger partial charge is 0.310 e. The number of allylic oxidation sites excluding steroid dienone is 2. The van der Waals surface area contributed by atoms with E-state index in [2.05, 4.69) is 117 Å². The second-order valence-electron chi connectivity index (χ2n) is 8.30. The Morgan fingerprint density at radius 1 is 0.867 bits per heavy atom. The number of anilines is 2. The molecule has 4 rings (SSSR count). The van der Waals surface area contributed by atoms with Crippen LogP contribution >= 0.6 is 0 Å². The zero-order valence-corrected chi connectivity index (χ0v) is 18.1. The van der Waals surface area contributed by atoms with Gasteiger partial charge in [-0.15, -0.1) is 0 Å². The van der Waals surface area contributed by atoms with E-state index in [9.17, 15) is 0 Å². The van der Waals surface area contributed by atoms with E-state index in [1.165, 1.54) is 32.8 Å². The molecular formula is C29H29N. The summed E-state index contributed by atoms with van der Waals surface area (Å²) in [6.07, 6.45) is 5.30. The lowest BCUT2D eigenvalue weighted by molar-refractivity contribution is 0.661. The van der Waals surface area contributed by atoms with Crippen molar-refractivity contribution in [2.24, 2.45) is 5.92 Å². The van der Waals surface area contributed by atoms with Crippen LogP contribution in [0.1, 0.15) is 25.8 Å². The van der Waals surface area contributed by atoms with Crippen LogP contribution in [0, 0.1) is 12.8 Å². The molecule has 0 amide bonds. The molecule has 1 heteroatoms. The van der Waals surface area contributed by atoms with E-state index in [0.717, 1.165) is 17.8 Å². The maximum absolute atomic E-state index is 4.17. The van der Waals surface area contributed by atoms with E-state index < -0.39 is 0 Å². The molecule has 4 aromatic carbocycles. The minimum atomic E-state index is 0.590.